The molecule has 1 saturated heterocycles. The van der Waals surface area contributed by atoms with Gasteiger partial charge in [0, 0.05) is 43.8 Å². The average molecular weight is 363 g/mol. The van der Waals surface area contributed by atoms with Crippen molar-refractivity contribution in [1.82, 2.24) is 19.5 Å². The van der Waals surface area contributed by atoms with E-state index in [-0.39, 0.29) is 5.91 Å². The molecule has 0 bridgehead atoms. The van der Waals surface area contributed by atoms with Gasteiger partial charge in [0.25, 0.3) is 5.91 Å². The minimum atomic E-state index is -0.0133. The molecule has 4 rings (SSSR count). The van der Waals surface area contributed by atoms with E-state index in [2.05, 4.69) is 39.2 Å². The van der Waals surface area contributed by atoms with Gasteiger partial charge in [-0.25, -0.2) is 9.50 Å². The second-order valence-corrected chi connectivity index (χ2v) is 7.45. The Morgan fingerprint density at radius 2 is 2.04 bits per heavy atom. The number of nitrogens with zero attached hydrogens (tertiary/aromatic N) is 5. The summed E-state index contributed by atoms with van der Waals surface area (Å²) in [4.78, 5) is 21.7. The van der Waals surface area contributed by atoms with Crippen molar-refractivity contribution in [2.75, 3.05) is 31.6 Å². The first-order valence-electron chi connectivity index (χ1n) is 9.40. The zero-order valence-electron chi connectivity index (χ0n) is 16.1. The number of rotatable bonds is 4. The summed E-state index contributed by atoms with van der Waals surface area (Å²) in [6.45, 7) is 6.67. The summed E-state index contributed by atoms with van der Waals surface area (Å²) in [6, 6.07) is 12.4. The van der Waals surface area contributed by atoms with Crippen LogP contribution in [-0.2, 0) is 0 Å². The second-order valence-electron chi connectivity index (χ2n) is 7.45. The Labute approximate surface area is 159 Å². The number of aromatic nitrogens is 3. The van der Waals surface area contributed by atoms with E-state index in [1.165, 1.54) is 5.69 Å². The van der Waals surface area contributed by atoms with E-state index < -0.39 is 0 Å². The van der Waals surface area contributed by atoms with Crippen LogP contribution in [0.5, 0.6) is 0 Å². The van der Waals surface area contributed by atoms with Crippen molar-refractivity contribution >= 4 is 17.2 Å². The van der Waals surface area contributed by atoms with Crippen LogP contribution in [-0.4, -0.2) is 52.1 Å². The highest BCUT2D eigenvalue weighted by atomic mass is 16.2. The summed E-state index contributed by atoms with van der Waals surface area (Å²) < 4.78 is 1.74. The maximum absolute atomic E-state index is 13.0. The average Bonchev–Trinajstić information content (AvgIpc) is 3.29. The molecule has 1 aliphatic heterocycles. The van der Waals surface area contributed by atoms with Crippen molar-refractivity contribution in [2.24, 2.45) is 5.92 Å². The molecule has 1 aliphatic rings. The maximum Gasteiger partial charge on any atom is 0.259 e. The van der Waals surface area contributed by atoms with Gasteiger partial charge < -0.3 is 9.80 Å². The van der Waals surface area contributed by atoms with E-state index in [1.54, 1.807) is 10.7 Å². The Hall–Kier alpha value is -2.89. The third-order valence-corrected chi connectivity index (χ3v) is 5.29. The largest absolute Gasteiger partial charge is 0.371 e. The minimum absolute atomic E-state index is 0.0133. The fraction of sp³-hybridized carbons (Fsp3) is 0.381. The van der Waals surface area contributed by atoms with Crippen molar-refractivity contribution < 1.29 is 4.79 Å². The van der Waals surface area contributed by atoms with Crippen molar-refractivity contribution in [2.45, 2.75) is 20.3 Å². The predicted molar refractivity (Wildman–Crippen MR) is 106 cm³/mol. The molecule has 6 heteroatoms. The second kappa shape index (κ2) is 7.02. The van der Waals surface area contributed by atoms with Gasteiger partial charge in [0.2, 0.25) is 0 Å². The molecule has 1 atom stereocenters. The fourth-order valence-electron chi connectivity index (χ4n) is 3.95. The molecular formula is C21H25N5O. The third-order valence-electron chi connectivity index (χ3n) is 5.29. The van der Waals surface area contributed by atoms with E-state index in [0.717, 1.165) is 37.4 Å². The highest BCUT2D eigenvalue weighted by molar-refractivity contribution is 5.99. The first-order valence-corrected chi connectivity index (χ1v) is 9.40. The molecule has 140 valence electrons. The number of carbonyl (C=O) groups is 1. The molecule has 27 heavy (non-hydrogen) atoms. The molecule has 0 unspecified atom stereocenters. The van der Waals surface area contributed by atoms with Gasteiger partial charge in [-0.3, -0.25) is 4.79 Å². The smallest absolute Gasteiger partial charge is 0.259 e. The van der Waals surface area contributed by atoms with Gasteiger partial charge in [0.1, 0.15) is 5.56 Å². The van der Waals surface area contributed by atoms with E-state index in [0.29, 0.717) is 17.1 Å². The molecule has 0 aliphatic carbocycles. The Balaban J connectivity index is 1.46. The predicted octanol–water partition coefficient (Wildman–Crippen LogP) is 2.94. The molecule has 2 aromatic heterocycles. The first-order chi connectivity index (χ1) is 13.0. The molecule has 0 saturated carbocycles. The van der Waals surface area contributed by atoms with Gasteiger partial charge >= 0.3 is 0 Å². The van der Waals surface area contributed by atoms with Gasteiger partial charge in [-0.2, -0.15) is 5.10 Å². The number of aryl methyl sites for hydroxylation is 2. The lowest BCUT2D eigenvalue weighted by Gasteiger charge is -2.22. The first kappa shape index (κ1) is 17.5. The zero-order valence-corrected chi connectivity index (χ0v) is 16.1. The topological polar surface area (TPSA) is 53.7 Å². The quantitative estimate of drug-likeness (QED) is 0.715. The lowest BCUT2D eigenvalue weighted by molar-refractivity contribution is 0.0778. The number of hydrogen-bond acceptors (Lipinski definition) is 4. The summed E-state index contributed by atoms with van der Waals surface area (Å²) in [7, 11) is 1.87. The van der Waals surface area contributed by atoms with Crippen molar-refractivity contribution in [1.29, 1.82) is 0 Å². The fourth-order valence-corrected chi connectivity index (χ4v) is 3.95. The summed E-state index contributed by atoms with van der Waals surface area (Å²) in [5, 5.41) is 4.34. The van der Waals surface area contributed by atoms with Crippen LogP contribution in [0.4, 0.5) is 5.69 Å². The molecule has 1 amide bonds. The molecule has 6 nitrogen and oxygen atoms in total. The van der Waals surface area contributed by atoms with E-state index in [9.17, 15) is 4.79 Å². The van der Waals surface area contributed by atoms with Crippen LogP contribution in [0.15, 0.2) is 42.6 Å². The molecule has 0 N–H and O–H groups in total. The van der Waals surface area contributed by atoms with Crippen LogP contribution in [0.2, 0.25) is 0 Å². The third kappa shape index (κ3) is 3.39. The van der Waals surface area contributed by atoms with Gasteiger partial charge in [-0.05, 0) is 44.4 Å². The monoisotopic (exact) mass is 363 g/mol. The van der Waals surface area contributed by atoms with Crippen LogP contribution in [0, 0.1) is 19.8 Å². The normalized spacial score (nSPS) is 16.9. The minimum Gasteiger partial charge on any atom is -0.371 e. The Bertz CT molecular complexity index is 965. The summed E-state index contributed by atoms with van der Waals surface area (Å²) in [5.41, 5.74) is 4.34. The van der Waals surface area contributed by atoms with Gasteiger partial charge in [0.05, 0.1) is 6.20 Å². The molecule has 1 aromatic carbocycles. The van der Waals surface area contributed by atoms with Crippen LogP contribution >= 0.6 is 0 Å². The number of benzene rings is 1. The van der Waals surface area contributed by atoms with Crippen LogP contribution in [0.1, 0.15) is 28.2 Å². The molecule has 3 heterocycles. The number of amides is 1. The molecule has 3 aromatic rings. The van der Waals surface area contributed by atoms with Gasteiger partial charge in [-0.15, -0.1) is 0 Å². The lowest BCUT2D eigenvalue weighted by Crippen LogP contribution is -2.33. The lowest BCUT2D eigenvalue weighted by atomic mass is 10.1. The maximum atomic E-state index is 13.0. The number of anilines is 1. The van der Waals surface area contributed by atoms with Crippen LogP contribution < -0.4 is 4.90 Å². The molecule has 0 radical (unpaired) electrons. The van der Waals surface area contributed by atoms with E-state index in [1.807, 2.05) is 37.9 Å². The highest BCUT2D eigenvalue weighted by Gasteiger charge is 2.26. The molecular weight excluding hydrogens is 338 g/mol. The van der Waals surface area contributed by atoms with Gasteiger partial charge in [0.15, 0.2) is 5.65 Å². The molecule has 1 fully saturated rings. The summed E-state index contributed by atoms with van der Waals surface area (Å²) in [6.07, 6.45) is 2.73. The zero-order chi connectivity index (χ0) is 19.0. The number of hydrogen-bond donors (Lipinski definition) is 0. The van der Waals surface area contributed by atoms with Crippen molar-refractivity contribution in [3.05, 3.63) is 59.5 Å². The van der Waals surface area contributed by atoms with Gasteiger partial charge in [-0.1, -0.05) is 18.2 Å². The number of carbonyl (C=O) groups excluding carboxylic acids is 1. The SMILES string of the molecule is Cc1cc(C)n2ncc(C(=O)N(C)C[C@H]3CCN(c4ccccc4)C3)c2n1. The molecule has 0 spiro atoms. The Morgan fingerprint density at radius 1 is 1.26 bits per heavy atom. The van der Waals surface area contributed by atoms with Crippen molar-refractivity contribution in [3.8, 4) is 0 Å². The van der Waals surface area contributed by atoms with E-state index in [4.69, 9.17) is 0 Å². The number of para-hydroxylation sites is 1. The Morgan fingerprint density at radius 3 is 2.81 bits per heavy atom. The number of fused-ring (bicyclic) bond motifs is 1. The summed E-state index contributed by atoms with van der Waals surface area (Å²) in [5.74, 6) is 0.457. The van der Waals surface area contributed by atoms with Crippen molar-refractivity contribution in [3.63, 3.8) is 0 Å². The summed E-state index contributed by atoms with van der Waals surface area (Å²) >= 11 is 0. The standard InChI is InChI=1S/C21H25N5O/c1-15-11-16(2)26-20(23-15)19(12-22-26)21(27)24(3)13-17-9-10-25(14-17)18-7-5-4-6-8-18/h4-8,11-12,17H,9-10,13-14H2,1-3H3/t17-/m1/s1. The Kier molecular flexibility index (Phi) is 4.56. The highest BCUT2D eigenvalue weighted by Crippen LogP contribution is 2.24. The van der Waals surface area contributed by atoms with Crippen LogP contribution in [0.25, 0.3) is 5.65 Å². The van der Waals surface area contributed by atoms with E-state index >= 15 is 0 Å². The van der Waals surface area contributed by atoms with Crippen LogP contribution in [0.3, 0.4) is 0 Å².